The van der Waals surface area contributed by atoms with Crippen LogP contribution in [-0.4, -0.2) is 11.2 Å². The number of nitrogens with two attached hydrogens (primary N) is 1. The topological polar surface area (TPSA) is 57.2 Å². The number of aromatic nitrogens is 1. The number of fused-ring (bicyclic) bond motifs is 1. The van der Waals surface area contributed by atoms with E-state index < -0.39 is 0 Å². The van der Waals surface area contributed by atoms with Gasteiger partial charge in [-0.3, -0.25) is 4.79 Å². The lowest BCUT2D eigenvalue weighted by Gasteiger charge is -2.25. The van der Waals surface area contributed by atoms with Crippen molar-refractivity contribution in [2.45, 2.75) is 60.5 Å². The Morgan fingerprint density at radius 2 is 1.88 bits per heavy atom. The van der Waals surface area contributed by atoms with E-state index >= 15 is 0 Å². The molecule has 0 bridgehead atoms. The minimum Gasteiger partial charge on any atom is -0.491 e. The molecule has 1 aromatic heterocycles. The summed E-state index contributed by atoms with van der Waals surface area (Å²) < 4.78 is 7.91. The molecule has 0 amide bonds. The summed E-state index contributed by atoms with van der Waals surface area (Å²) in [7, 11) is 0. The molecular weight excluding hydrogens is 336 g/mol. The molecule has 0 aliphatic rings. The molecule has 0 spiro atoms. The molecule has 0 fully saturated rings. The highest BCUT2D eigenvalue weighted by molar-refractivity contribution is 5.89. The summed E-state index contributed by atoms with van der Waals surface area (Å²) >= 11 is 0. The number of aryl methyl sites for hydroxylation is 1. The number of rotatable bonds is 6. The van der Waals surface area contributed by atoms with Crippen molar-refractivity contribution in [3.05, 3.63) is 39.8 Å². The Kier molecular flexibility index (Phi) is 7.51. The first-order chi connectivity index (χ1) is 11.3. The van der Waals surface area contributed by atoms with Gasteiger partial charge in [-0.15, -0.1) is 12.4 Å². The third-order valence-corrected chi connectivity index (χ3v) is 4.05. The van der Waals surface area contributed by atoms with Gasteiger partial charge < -0.3 is 15.0 Å². The zero-order valence-corrected chi connectivity index (χ0v) is 16.8. The van der Waals surface area contributed by atoms with Gasteiger partial charge in [0.2, 0.25) is 0 Å². The van der Waals surface area contributed by atoms with Gasteiger partial charge in [-0.05, 0) is 30.9 Å². The molecule has 1 heterocycles. The third kappa shape index (κ3) is 4.99. The van der Waals surface area contributed by atoms with Gasteiger partial charge in [0.1, 0.15) is 5.75 Å². The molecule has 5 heteroatoms. The van der Waals surface area contributed by atoms with Gasteiger partial charge in [-0.25, -0.2) is 0 Å². The maximum absolute atomic E-state index is 13.0. The standard InChI is InChI=1S/C20H30N2O2.ClH/c1-6-7-10-24-18-16-11-14(2)8-9-15(16)19(23)22(17(18)12-21)13-20(3,4)5;/h8-9,11H,6-7,10,12-13,21H2,1-5H3;1H. The van der Waals surface area contributed by atoms with Gasteiger partial charge in [0, 0.05) is 18.5 Å². The van der Waals surface area contributed by atoms with Crippen LogP contribution in [0.5, 0.6) is 5.75 Å². The van der Waals surface area contributed by atoms with E-state index in [2.05, 4.69) is 27.7 Å². The van der Waals surface area contributed by atoms with Crippen LogP contribution >= 0.6 is 12.4 Å². The fraction of sp³-hybridized carbons (Fsp3) is 0.550. The molecule has 0 aliphatic heterocycles. The Morgan fingerprint density at radius 3 is 2.44 bits per heavy atom. The summed E-state index contributed by atoms with van der Waals surface area (Å²) in [5.41, 5.74) is 7.93. The fourth-order valence-corrected chi connectivity index (χ4v) is 2.90. The lowest BCUT2D eigenvalue weighted by atomic mass is 9.96. The van der Waals surface area contributed by atoms with Crippen molar-refractivity contribution < 1.29 is 4.74 Å². The molecule has 25 heavy (non-hydrogen) atoms. The Bertz CT molecular complexity index is 776. The summed E-state index contributed by atoms with van der Waals surface area (Å²) in [5.74, 6) is 0.772. The Morgan fingerprint density at radius 1 is 1.20 bits per heavy atom. The molecule has 0 saturated carbocycles. The van der Waals surface area contributed by atoms with Crippen molar-refractivity contribution in [1.29, 1.82) is 0 Å². The molecule has 2 rings (SSSR count). The molecule has 2 N–H and O–H groups in total. The predicted octanol–water partition coefficient (Wildman–Crippen LogP) is 4.42. The molecular formula is C20H31ClN2O2. The number of unbranched alkanes of at least 4 members (excludes halogenated alkanes) is 1. The summed E-state index contributed by atoms with van der Waals surface area (Å²) in [4.78, 5) is 13.0. The van der Waals surface area contributed by atoms with Gasteiger partial charge in [-0.2, -0.15) is 0 Å². The van der Waals surface area contributed by atoms with E-state index in [-0.39, 0.29) is 29.9 Å². The van der Waals surface area contributed by atoms with Crippen LogP contribution in [0.4, 0.5) is 0 Å². The van der Waals surface area contributed by atoms with Crippen molar-refractivity contribution >= 4 is 23.2 Å². The lowest BCUT2D eigenvalue weighted by molar-refractivity contribution is 0.295. The maximum atomic E-state index is 13.0. The minimum atomic E-state index is -0.0210. The average Bonchev–Trinajstić information content (AvgIpc) is 2.50. The van der Waals surface area contributed by atoms with Gasteiger partial charge >= 0.3 is 0 Å². The van der Waals surface area contributed by atoms with Gasteiger partial charge in [0.15, 0.2) is 0 Å². The van der Waals surface area contributed by atoms with Crippen molar-refractivity contribution in [2.75, 3.05) is 6.61 Å². The van der Waals surface area contributed by atoms with E-state index in [1.54, 1.807) is 4.57 Å². The van der Waals surface area contributed by atoms with Gasteiger partial charge in [0.05, 0.1) is 17.7 Å². The van der Waals surface area contributed by atoms with E-state index in [0.29, 0.717) is 18.5 Å². The number of halogens is 1. The summed E-state index contributed by atoms with van der Waals surface area (Å²) in [6, 6.07) is 5.90. The van der Waals surface area contributed by atoms with Crippen LogP contribution in [-0.2, 0) is 13.1 Å². The molecule has 1 aromatic carbocycles. The van der Waals surface area contributed by atoms with E-state index in [9.17, 15) is 4.79 Å². The largest absolute Gasteiger partial charge is 0.491 e. The number of nitrogens with zero attached hydrogens (tertiary/aromatic N) is 1. The first kappa shape index (κ1) is 21.5. The lowest BCUT2D eigenvalue weighted by Crippen LogP contribution is -2.31. The monoisotopic (exact) mass is 366 g/mol. The third-order valence-electron chi connectivity index (χ3n) is 4.05. The van der Waals surface area contributed by atoms with Crippen LogP contribution in [0.3, 0.4) is 0 Å². The van der Waals surface area contributed by atoms with Crippen molar-refractivity contribution in [1.82, 2.24) is 4.57 Å². The average molecular weight is 367 g/mol. The van der Waals surface area contributed by atoms with Crippen LogP contribution in [0, 0.1) is 12.3 Å². The van der Waals surface area contributed by atoms with E-state index in [1.807, 2.05) is 25.1 Å². The summed E-state index contributed by atoms with van der Waals surface area (Å²) in [6.45, 7) is 12.1. The van der Waals surface area contributed by atoms with E-state index in [0.717, 1.165) is 35.2 Å². The van der Waals surface area contributed by atoms with E-state index in [4.69, 9.17) is 10.5 Å². The molecule has 4 nitrogen and oxygen atoms in total. The molecule has 0 atom stereocenters. The highest BCUT2D eigenvalue weighted by Crippen LogP contribution is 2.30. The molecule has 0 aliphatic carbocycles. The summed E-state index contributed by atoms with van der Waals surface area (Å²) in [5, 5.41) is 1.58. The number of benzene rings is 1. The number of hydrogen-bond donors (Lipinski definition) is 1. The van der Waals surface area contributed by atoms with Crippen LogP contribution in [0.2, 0.25) is 0 Å². The smallest absolute Gasteiger partial charge is 0.258 e. The molecule has 0 radical (unpaired) electrons. The first-order valence-corrected chi connectivity index (χ1v) is 8.77. The zero-order valence-electron chi connectivity index (χ0n) is 16.0. The van der Waals surface area contributed by atoms with Crippen molar-refractivity contribution in [3.8, 4) is 5.75 Å². The highest BCUT2D eigenvalue weighted by atomic mass is 35.5. The second kappa shape index (κ2) is 8.72. The second-order valence-electron chi connectivity index (χ2n) is 7.68. The van der Waals surface area contributed by atoms with Crippen LogP contribution in [0.1, 0.15) is 51.8 Å². The molecule has 2 aromatic rings. The predicted molar refractivity (Wildman–Crippen MR) is 108 cm³/mol. The normalized spacial score (nSPS) is 11.4. The summed E-state index contributed by atoms with van der Waals surface area (Å²) in [6.07, 6.45) is 2.05. The van der Waals surface area contributed by atoms with Crippen molar-refractivity contribution in [3.63, 3.8) is 0 Å². The molecule has 140 valence electrons. The van der Waals surface area contributed by atoms with Gasteiger partial charge in [0.25, 0.3) is 5.56 Å². The fourth-order valence-electron chi connectivity index (χ4n) is 2.90. The quantitative estimate of drug-likeness (QED) is 0.770. The highest BCUT2D eigenvalue weighted by Gasteiger charge is 2.21. The Balaban J connectivity index is 0.00000312. The SMILES string of the molecule is CCCCOc1c(CN)n(CC(C)(C)C)c(=O)c2ccc(C)cc12.Cl. The second-order valence-corrected chi connectivity index (χ2v) is 7.68. The minimum absolute atomic E-state index is 0. The number of hydrogen-bond acceptors (Lipinski definition) is 3. The first-order valence-electron chi connectivity index (χ1n) is 8.77. The molecule has 0 saturated heterocycles. The Hall–Kier alpha value is -1.52. The Labute approximate surface area is 156 Å². The van der Waals surface area contributed by atoms with Crippen LogP contribution in [0.15, 0.2) is 23.0 Å². The van der Waals surface area contributed by atoms with E-state index in [1.165, 1.54) is 0 Å². The number of ether oxygens (including phenoxy) is 1. The van der Waals surface area contributed by atoms with Crippen LogP contribution < -0.4 is 16.0 Å². The van der Waals surface area contributed by atoms with Gasteiger partial charge in [-0.1, -0.05) is 45.7 Å². The zero-order chi connectivity index (χ0) is 17.9. The van der Waals surface area contributed by atoms with Crippen molar-refractivity contribution in [2.24, 2.45) is 11.1 Å². The molecule has 0 unspecified atom stereocenters. The number of pyridine rings is 1. The maximum Gasteiger partial charge on any atom is 0.258 e. The van der Waals surface area contributed by atoms with Crippen LogP contribution in [0.25, 0.3) is 10.8 Å².